The van der Waals surface area contributed by atoms with Gasteiger partial charge < -0.3 is 19.7 Å². The second-order valence-electron chi connectivity index (χ2n) is 11.3. The molecule has 3 aliphatic heterocycles. The molecule has 0 spiro atoms. The number of hydrogen-bond acceptors (Lipinski definition) is 7. The van der Waals surface area contributed by atoms with Crippen molar-refractivity contribution < 1.29 is 28.7 Å². The molecule has 2 saturated heterocycles. The van der Waals surface area contributed by atoms with Gasteiger partial charge in [0.15, 0.2) is 0 Å². The van der Waals surface area contributed by atoms with Gasteiger partial charge >= 0.3 is 12.0 Å². The molecular formula is C33H33BrN4O6. The van der Waals surface area contributed by atoms with Gasteiger partial charge in [0, 0.05) is 67.7 Å². The minimum Gasteiger partial charge on any atom is -0.497 e. The van der Waals surface area contributed by atoms with Crippen LogP contribution < -0.4 is 10.1 Å². The first kappa shape index (κ1) is 29.8. The lowest BCUT2D eigenvalue weighted by Gasteiger charge is -2.58. The molecule has 0 bridgehead atoms. The number of nitrogens with one attached hydrogen (secondary N) is 1. The van der Waals surface area contributed by atoms with Gasteiger partial charge in [-0.3, -0.25) is 24.2 Å². The largest absolute Gasteiger partial charge is 0.497 e. The van der Waals surface area contributed by atoms with Crippen LogP contribution in [0.2, 0.25) is 0 Å². The van der Waals surface area contributed by atoms with E-state index in [1.54, 1.807) is 60.5 Å². The topological polar surface area (TPSA) is 108 Å². The third-order valence-electron chi connectivity index (χ3n) is 8.69. The van der Waals surface area contributed by atoms with Crippen molar-refractivity contribution in [3.63, 3.8) is 0 Å². The fraction of sp³-hybridized carbons (Fsp3) is 0.333. The van der Waals surface area contributed by atoms with Crippen molar-refractivity contribution in [2.75, 3.05) is 38.6 Å². The van der Waals surface area contributed by atoms with Gasteiger partial charge in [0.1, 0.15) is 11.9 Å². The van der Waals surface area contributed by atoms with Crippen LogP contribution in [-0.4, -0.2) is 90.0 Å². The quantitative estimate of drug-likeness (QED) is 0.300. The van der Waals surface area contributed by atoms with Crippen molar-refractivity contribution in [2.24, 2.45) is 0 Å². The molecule has 3 aromatic rings. The number of carbonyl (C=O) groups is 4. The summed E-state index contributed by atoms with van der Waals surface area (Å²) in [6.07, 6.45) is -0.0243. The van der Waals surface area contributed by atoms with Crippen molar-refractivity contribution in [2.45, 2.75) is 37.5 Å². The summed E-state index contributed by atoms with van der Waals surface area (Å²) in [7, 11) is 1.58. The van der Waals surface area contributed by atoms with Crippen LogP contribution in [0, 0.1) is 0 Å². The van der Waals surface area contributed by atoms with Crippen LogP contribution in [0.5, 0.6) is 5.75 Å². The van der Waals surface area contributed by atoms with E-state index in [0.717, 1.165) is 10.0 Å². The Kier molecular flexibility index (Phi) is 8.42. The lowest BCUT2D eigenvalue weighted by atomic mass is 9.73. The SMILES string of the molecule is COc1ccc(NC(=O)N2CCC(OC(C)=O)CN3[C@H](CN4C(=O)c5ccccc5C4=O)[C@H](c4ccc(Br)cc4)[C@@H]3C2)cc1. The van der Waals surface area contributed by atoms with E-state index in [1.807, 2.05) is 24.3 Å². The number of fused-ring (bicyclic) bond motifs is 2. The maximum Gasteiger partial charge on any atom is 0.321 e. The van der Waals surface area contributed by atoms with Crippen molar-refractivity contribution in [3.8, 4) is 5.75 Å². The molecule has 4 amide bonds. The minimum absolute atomic E-state index is 0.0974. The van der Waals surface area contributed by atoms with Gasteiger partial charge in [-0.1, -0.05) is 40.2 Å². The van der Waals surface area contributed by atoms with Crippen molar-refractivity contribution in [3.05, 3.63) is 94.0 Å². The lowest BCUT2D eigenvalue weighted by Crippen LogP contribution is -2.71. The summed E-state index contributed by atoms with van der Waals surface area (Å²) < 4.78 is 11.9. The molecule has 1 unspecified atom stereocenters. The Morgan fingerprint density at radius 1 is 0.932 bits per heavy atom. The van der Waals surface area contributed by atoms with Crippen LogP contribution in [-0.2, 0) is 9.53 Å². The number of urea groups is 1. The molecule has 0 aliphatic carbocycles. The van der Waals surface area contributed by atoms with Crippen LogP contribution in [0.4, 0.5) is 10.5 Å². The number of anilines is 1. The average molecular weight is 662 g/mol. The first-order valence-corrected chi connectivity index (χ1v) is 15.4. The third-order valence-corrected chi connectivity index (χ3v) is 9.22. The standard InChI is InChI=1S/C33H33BrN4O6/c1-20(39)44-25-15-16-36(33(42)35-23-11-13-24(43-2)14-12-23)18-28-30(21-7-9-22(34)10-8-21)29(37(28)17-25)19-38-31(40)26-5-3-4-6-27(26)32(38)41/h3-14,25,28-30H,15-19H2,1-2H3,(H,35,42)/t25?,28-,29+,30+/m0/s1. The second-order valence-corrected chi connectivity index (χ2v) is 12.2. The van der Waals surface area contributed by atoms with Crippen LogP contribution in [0.3, 0.4) is 0 Å². The van der Waals surface area contributed by atoms with E-state index < -0.39 is 12.1 Å². The predicted octanol–water partition coefficient (Wildman–Crippen LogP) is 4.76. The molecule has 3 heterocycles. The Balaban J connectivity index is 1.30. The number of hydrogen-bond donors (Lipinski definition) is 1. The molecule has 3 aromatic carbocycles. The van der Waals surface area contributed by atoms with Crippen LogP contribution in [0.1, 0.15) is 45.5 Å². The molecule has 4 atom stereocenters. The molecule has 1 N–H and O–H groups in total. The molecule has 228 valence electrons. The highest BCUT2D eigenvalue weighted by atomic mass is 79.9. The first-order valence-electron chi connectivity index (χ1n) is 14.6. The number of nitrogens with zero attached hydrogens (tertiary/aromatic N) is 3. The zero-order valence-corrected chi connectivity index (χ0v) is 26.0. The van der Waals surface area contributed by atoms with E-state index >= 15 is 0 Å². The normalized spacial score (nSPS) is 23.2. The number of esters is 1. The highest BCUT2D eigenvalue weighted by Gasteiger charge is 2.53. The first-order chi connectivity index (χ1) is 21.2. The number of benzene rings is 3. The summed E-state index contributed by atoms with van der Waals surface area (Å²) in [5, 5.41) is 2.98. The molecule has 2 fully saturated rings. The summed E-state index contributed by atoms with van der Waals surface area (Å²) in [6.45, 7) is 2.78. The van der Waals surface area contributed by atoms with Crippen molar-refractivity contribution in [1.29, 1.82) is 0 Å². The van der Waals surface area contributed by atoms with Gasteiger partial charge in [0.25, 0.3) is 11.8 Å². The summed E-state index contributed by atoms with van der Waals surface area (Å²) in [5.74, 6) is -0.437. The highest BCUT2D eigenvalue weighted by molar-refractivity contribution is 9.10. The number of carbonyl (C=O) groups excluding carboxylic acids is 4. The van der Waals surface area contributed by atoms with E-state index in [9.17, 15) is 19.2 Å². The van der Waals surface area contributed by atoms with Crippen molar-refractivity contribution in [1.82, 2.24) is 14.7 Å². The van der Waals surface area contributed by atoms with E-state index in [1.165, 1.54) is 11.8 Å². The monoisotopic (exact) mass is 660 g/mol. The number of ether oxygens (including phenoxy) is 2. The molecule has 44 heavy (non-hydrogen) atoms. The van der Waals surface area contributed by atoms with E-state index in [4.69, 9.17) is 9.47 Å². The summed E-state index contributed by atoms with van der Waals surface area (Å²) in [6, 6.07) is 21.3. The molecular weight excluding hydrogens is 628 g/mol. The Bertz CT molecular complexity index is 1540. The maximum absolute atomic E-state index is 13.6. The lowest BCUT2D eigenvalue weighted by molar-refractivity contribution is -0.152. The van der Waals surface area contributed by atoms with E-state index in [-0.39, 0.29) is 42.4 Å². The Hall–Kier alpha value is -4.22. The number of imide groups is 1. The summed E-state index contributed by atoms with van der Waals surface area (Å²) in [5.41, 5.74) is 2.48. The molecule has 0 radical (unpaired) electrons. The maximum atomic E-state index is 13.6. The van der Waals surface area contributed by atoms with Crippen molar-refractivity contribution >= 4 is 45.4 Å². The number of amides is 4. The van der Waals surface area contributed by atoms with Gasteiger partial charge in [-0.25, -0.2) is 4.79 Å². The Morgan fingerprint density at radius 3 is 2.20 bits per heavy atom. The highest BCUT2D eigenvalue weighted by Crippen LogP contribution is 2.44. The fourth-order valence-electron chi connectivity index (χ4n) is 6.58. The van der Waals surface area contributed by atoms with Crippen LogP contribution >= 0.6 is 15.9 Å². The molecule has 11 heteroatoms. The number of rotatable bonds is 6. The summed E-state index contributed by atoms with van der Waals surface area (Å²) >= 11 is 3.52. The van der Waals surface area contributed by atoms with Gasteiger partial charge in [0.05, 0.1) is 18.2 Å². The molecule has 0 saturated carbocycles. The molecule has 3 aliphatic rings. The van der Waals surface area contributed by atoms with Gasteiger partial charge in [-0.05, 0) is 54.1 Å². The average Bonchev–Trinajstić information content (AvgIpc) is 3.25. The third kappa shape index (κ3) is 5.81. The van der Waals surface area contributed by atoms with Crippen LogP contribution in [0.25, 0.3) is 0 Å². The van der Waals surface area contributed by atoms with Crippen LogP contribution in [0.15, 0.2) is 77.3 Å². The smallest absolute Gasteiger partial charge is 0.321 e. The predicted molar refractivity (Wildman–Crippen MR) is 167 cm³/mol. The zero-order valence-electron chi connectivity index (χ0n) is 24.4. The van der Waals surface area contributed by atoms with E-state index in [2.05, 4.69) is 26.1 Å². The Labute approximate surface area is 264 Å². The summed E-state index contributed by atoms with van der Waals surface area (Å²) in [4.78, 5) is 57.7. The second kappa shape index (κ2) is 12.4. The Morgan fingerprint density at radius 2 is 1.59 bits per heavy atom. The van der Waals surface area contributed by atoms with E-state index in [0.29, 0.717) is 48.6 Å². The number of methoxy groups -OCH3 is 1. The molecule has 0 aromatic heterocycles. The van der Waals surface area contributed by atoms with Gasteiger partial charge in [0.2, 0.25) is 0 Å². The zero-order chi connectivity index (χ0) is 31.0. The van der Waals surface area contributed by atoms with Gasteiger partial charge in [-0.15, -0.1) is 0 Å². The van der Waals surface area contributed by atoms with Gasteiger partial charge in [-0.2, -0.15) is 0 Å². The molecule has 6 rings (SSSR count). The molecule has 10 nitrogen and oxygen atoms in total. The number of halogens is 1. The fourth-order valence-corrected chi connectivity index (χ4v) is 6.84. The minimum atomic E-state index is -0.470.